The van der Waals surface area contributed by atoms with E-state index in [1.54, 1.807) is 18.9 Å². The van der Waals surface area contributed by atoms with Crippen LogP contribution >= 0.6 is 0 Å². The third kappa shape index (κ3) is 5.33. The molecule has 50 heavy (non-hydrogen) atoms. The fraction of sp³-hybridized carbons (Fsp3) is 0.375. The lowest BCUT2D eigenvalue weighted by Gasteiger charge is -2.58. The second-order valence-corrected chi connectivity index (χ2v) is 13.3. The number of fused-ring (bicyclic) bond motifs is 7. The first kappa shape index (κ1) is 33.7. The zero-order valence-corrected chi connectivity index (χ0v) is 29.3. The quantitative estimate of drug-likeness (QED) is 0.217. The van der Waals surface area contributed by atoms with Crippen molar-refractivity contribution in [3.05, 3.63) is 111 Å². The Morgan fingerprint density at radius 2 is 1.42 bits per heavy atom. The van der Waals surface area contributed by atoms with Crippen molar-refractivity contribution in [2.45, 2.75) is 63.8 Å². The fourth-order valence-corrected chi connectivity index (χ4v) is 8.32. The van der Waals surface area contributed by atoms with Gasteiger partial charge >= 0.3 is 0 Å². The third-order valence-electron chi connectivity index (χ3n) is 10.6. The number of rotatable bonds is 10. The Balaban J connectivity index is 1.41. The highest BCUT2D eigenvalue weighted by atomic mass is 16.5. The summed E-state index contributed by atoms with van der Waals surface area (Å²) in [6, 6.07) is 19.2. The lowest BCUT2D eigenvalue weighted by Crippen LogP contribution is -2.68. The summed E-state index contributed by atoms with van der Waals surface area (Å²) in [4.78, 5) is 18.6. The zero-order chi connectivity index (χ0) is 35.3. The molecule has 7 rings (SSSR count). The molecule has 0 aromatic heterocycles. The lowest BCUT2D eigenvalue weighted by molar-refractivity contribution is -0.169. The number of benzene rings is 4. The van der Waals surface area contributed by atoms with Gasteiger partial charge in [0.05, 0.1) is 58.7 Å². The zero-order valence-electron chi connectivity index (χ0n) is 29.3. The van der Waals surface area contributed by atoms with Gasteiger partial charge in [0.1, 0.15) is 18.5 Å². The van der Waals surface area contributed by atoms with Crippen LogP contribution in [0.25, 0.3) is 0 Å². The van der Waals surface area contributed by atoms with Gasteiger partial charge in [0.25, 0.3) is 0 Å². The van der Waals surface area contributed by atoms with E-state index in [9.17, 15) is 15.0 Å². The van der Waals surface area contributed by atoms with Gasteiger partial charge in [0.15, 0.2) is 23.0 Å². The molecule has 10 nitrogen and oxygen atoms in total. The molecule has 10 heteroatoms. The first-order chi connectivity index (χ1) is 24.2. The van der Waals surface area contributed by atoms with Gasteiger partial charge in [-0.2, -0.15) is 0 Å². The molecule has 1 saturated heterocycles. The van der Waals surface area contributed by atoms with Gasteiger partial charge in [0, 0.05) is 22.3 Å². The van der Waals surface area contributed by atoms with Crippen LogP contribution in [0.4, 0.5) is 0 Å². The Labute approximate surface area is 292 Å². The van der Waals surface area contributed by atoms with Crippen molar-refractivity contribution in [3.63, 3.8) is 0 Å². The molecule has 4 aromatic rings. The Morgan fingerprint density at radius 3 is 2.04 bits per heavy atom. The number of nitrogens with zero attached hydrogens (tertiary/aromatic N) is 2. The number of hydrogen-bond acceptors (Lipinski definition) is 9. The number of aromatic hydroxyl groups is 1. The average molecular weight is 681 g/mol. The second-order valence-electron chi connectivity index (χ2n) is 13.3. The molecule has 262 valence electrons. The number of piperazine rings is 1. The van der Waals surface area contributed by atoms with Crippen molar-refractivity contribution < 1.29 is 38.7 Å². The van der Waals surface area contributed by atoms with E-state index < -0.39 is 30.3 Å². The monoisotopic (exact) mass is 680 g/mol. The van der Waals surface area contributed by atoms with Gasteiger partial charge in [-0.05, 0) is 49.6 Å². The van der Waals surface area contributed by atoms with Crippen LogP contribution in [0.5, 0.6) is 28.7 Å². The number of carbonyl (C=O) groups excluding carboxylic acids is 1. The molecule has 1 fully saturated rings. The van der Waals surface area contributed by atoms with Gasteiger partial charge in [-0.1, -0.05) is 66.7 Å². The van der Waals surface area contributed by atoms with E-state index in [0.717, 1.165) is 27.8 Å². The molecule has 4 aromatic carbocycles. The van der Waals surface area contributed by atoms with E-state index in [2.05, 4.69) is 6.07 Å². The molecule has 2 N–H and O–H groups in total. The second kappa shape index (κ2) is 13.5. The number of ether oxygens (including phenoxy) is 5. The van der Waals surface area contributed by atoms with Crippen LogP contribution in [-0.2, 0) is 29.2 Å². The summed E-state index contributed by atoms with van der Waals surface area (Å²) >= 11 is 0. The number of aliphatic hydroxyl groups is 1. The van der Waals surface area contributed by atoms with Crippen LogP contribution in [-0.4, -0.2) is 73.0 Å². The van der Waals surface area contributed by atoms with Crippen molar-refractivity contribution in [1.29, 1.82) is 0 Å². The molecule has 2 bridgehead atoms. The van der Waals surface area contributed by atoms with E-state index >= 15 is 0 Å². The number of hydrogen-bond donors (Lipinski definition) is 2. The SMILES string of the molecule is COc1c(C)cc2c(c1OCc1ccccc1)[C@@H]1C3C(O)c4c(O)c(C)c(OC)c(OC)c4[C@H](COCc4ccccc4)N3C(=O)[C@H](C2)N1C. The number of aryl methyl sites for hydroxylation is 1. The van der Waals surface area contributed by atoms with Crippen molar-refractivity contribution in [2.24, 2.45) is 0 Å². The predicted octanol–water partition coefficient (Wildman–Crippen LogP) is 5.73. The number of phenolic OH excluding ortho intramolecular Hbond substituents is 1. The summed E-state index contributed by atoms with van der Waals surface area (Å²) < 4.78 is 30.7. The maximum atomic E-state index is 14.8. The molecular formula is C40H44N2O8. The van der Waals surface area contributed by atoms with Crippen molar-refractivity contribution in [2.75, 3.05) is 35.0 Å². The van der Waals surface area contributed by atoms with Gasteiger partial charge in [-0.15, -0.1) is 0 Å². The van der Waals surface area contributed by atoms with Gasteiger partial charge in [0.2, 0.25) is 5.91 Å². The van der Waals surface area contributed by atoms with Crippen LogP contribution < -0.4 is 18.9 Å². The normalized spacial score (nSPS) is 22.3. The standard InChI is InChI=1S/C40H44N2O8/c1-22-17-26-18-27-40(45)42-28(21-49-19-24-13-9-7-10-14-24)30-31(34(43)23(2)37(47-5)38(30)48-6)35(44)33(42)32(41(27)3)29(26)39(36(22)46-4)50-20-25-15-11-8-12-16-25/h7-17,27-28,32-33,35,43-44H,18-21H2,1-6H3/t27-,28-,32+,33?,35?/m0/s1. The van der Waals surface area contributed by atoms with E-state index in [1.165, 1.54) is 14.2 Å². The molecule has 0 saturated carbocycles. The van der Waals surface area contributed by atoms with Crippen LogP contribution in [0.15, 0.2) is 66.7 Å². The molecule has 1 amide bonds. The number of phenols is 1. The van der Waals surface area contributed by atoms with Gasteiger partial charge in [-0.3, -0.25) is 9.69 Å². The van der Waals surface area contributed by atoms with Crippen LogP contribution in [0.2, 0.25) is 0 Å². The first-order valence-electron chi connectivity index (χ1n) is 16.9. The molecular weight excluding hydrogens is 636 g/mol. The average Bonchev–Trinajstić information content (AvgIpc) is 3.12. The molecule has 3 aliphatic heterocycles. The van der Waals surface area contributed by atoms with Crippen LogP contribution in [0.1, 0.15) is 62.7 Å². The van der Waals surface area contributed by atoms with Crippen LogP contribution in [0.3, 0.4) is 0 Å². The number of likely N-dealkylation sites (N-methyl/N-ethyl adjacent to an activating group) is 1. The largest absolute Gasteiger partial charge is 0.507 e. The van der Waals surface area contributed by atoms with Gasteiger partial charge in [-0.25, -0.2) is 0 Å². The van der Waals surface area contributed by atoms with E-state index in [-0.39, 0.29) is 18.3 Å². The molecule has 2 unspecified atom stereocenters. The molecule has 3 aliphatic rings. The fourth-order valence-electron chi connectivity index (χ4n) is 8.32. The van der Waals surface area contributed by atoms with Crippen LogP contribution in [0, 0.1) is 13.8 Å². The number of methoxy groups -OCH3 is 3. The molecule has 0 aliphatic carbocycles. The summed E-state index contributed by atoms with van der Waals surface area (Å²) in [6.07, 6.45) is -0.858. The molecule has 0 spiro atoms. The van der Waals surface area contributed by atoms with Crippen molar-refractivity contribution in [3.8, 4) is 28.7 Å². The highest BCUT2D eigenvalue weighted by molar-refractivity contribution is 5.87. The minimum Gasteiger partial charge on any atom is -0.507 e. The van der Waals surface area contributed by atoms with E-state index in [1.807, 2.05) is 79.5 Å². The summed E-state index contributed by atoms with van der Waals surface area (Å²) in [6.45, 7) is 4.40. The number of amides is 1. The molecule has 0 radical (unpaired) electrons. The highest BCUT2D eigenvalue weighted by Gasteiger charge is 2.59. The van der Waals surface area contributed by atoms with Crippen molar-refractivity contribution in [1.82, 2.24) is 9.80 Å². The summed E-state index contributed by atoms with van der Waals surface area (Å²) in [5, 5.41) is 24.3. The first-order valence-corrected chi connectivity index (χ1v) is 16.9. The Bertz CT molecular complexity index is 1900. The summed E-state index contributed by atoms with van der Waals surface area (Å²) in [5.74, 6) is 1.63. The minimum absolute atomic E-state index is 0.0868. The minimum atomic E-state index is -1.30. The molecule has 3 heterocycles. The maximum Gasteiger partial charge on any atom is 0.241 e. The van der Waals surface area contributed by atoms with E-state index in [4.69, 9.17) is 23.7 Å². The smallest absolute Gasteiger partial charge is 0.241 e. The highest BCUT2D eigenvalue weighted by Crippen LogP contribution is 2.59. The topological polar surface area (TPSA) is 110 Å². The summed E-state index contributed by atoms with van der Waals surface area (Å²) in [7, 11) is 6.58. The molecule has 5 atom stereocenters. The lowest BCUT2D eigenvalue weighted by atomic mass is 9.72. The Kier molecular flexibility index (Phi) is 9.11. The third-order valence-corrected chi connectivity index (χ3v) is 10.6. The van der Waals surface area contributed by atoms with Gasteiger partial charge < -0.3 is 38.8 Å². The van der Waals surface area contributed by atoms with Crippen molar-refractivity contribution >= 4 is 5.91 Å². The number of aliphatic hydroxyl groups excluding tert-OH is 1. The number of carbonyl (C=O) groups is 1. The predicted molar refractivity (Wildman–Crippen MR) is 187 cm³/mol. The summed E-state index contributed by atoms with van der Waals surface area (Å²) in [5.41, 5.74) is 5.90. The maximum absolute atomic E-state index is 14.8. The van der Waals surface area contributed by atoms with E-state index in [0.29, 0.717) is 59.3 Å². The Hall–Kier alpha value is -4.77. The Morgan fingerprint density at radius 1 is 0.800 bits per heavy atom.